The van der Waals surface area contributed by atoms with Gasteiger partial charge in [-0.3, -0.25) is 0 Å². The van der Waals surface area contributed by atoms with Crippen LogP contribution in [0.5, 0.6) is 0 Å². The Kier molecular flexibility index (Phi) is 29.6. The number of rotatable bonds is 0. The molecular formula is C36H74. The van der Waals surface area contributed by atoms with Crippen LogP contribution in [0.15, 0.2) is 0 Å². The van der Waals surface area contributed by atoms with Gasteiger partial charge in [0.25, 0.3) is 0 Å². The summed E-state index contributed by atoms with van der Waals surface area (Å²) < 4.78 is 0. The Morgan fingerprint density at radius 3 is 0.667 bits per heavy atom. The first-order chi connectivity index (χ1) is 17.7. The molecule has 4 saturated carbocycles. The van der Waals surface area contributed by atoms with Gasteiger partial charge in [0.05, 0.1) is 0 Å². The van der Waals surface area contributed by atoms with Crippen LogP contribution >= 0.6 is 0 Å². The molecule has 2 unspecified atom stereocenters. The maximum Gasteiger partial charge on any atom is -0.0417 e. The van der Waals surface area contributed by atoms with Crippen molar-refractivity contribution in [3.63, 3.8) is 0 Å². The largest absolute Gasteiger partial charge is 0.0683 e. The third kappa shape index (κ3) is 25.6. The van der Waals surface area contributed by atoms with Crippen molar-refractivity contribution in [1.29, 1.82) is 0 Å². The molecule has 4 fully saturated rings. The minimum atomic E-state index is 0.993. The molecule has 0 bridgehead atoms. The Balaban J connectivity index is 0.000000444. The van der Waals surface area contributed by atoms with Crippen molar-refractivity contribution in [1.82, 2.24) is 0 Å². The van der Waals surface area contributed by atoms with Gasteiger partial charge in [0, 0.05) is 0 Å². The van der Waals surface area contributed by atoms with Gasteiger partial charge in [-0.1, -0.05) is 214 Å². The second-order valence-electron chi connectivity index (χ2n) is 12.7. The van der Waals surface area contributed by atoms with Crippen LogP contribution in [0, 0.1) is 17.8 Å². The van der Waals surface area contributed by atoms with Crippen LogP contribution in [0.4, 0.5) is 0 Å². The van der Waals surface area contributed by atoms with Crippen molar-refractivity contribution in [3.05, 3.63) is 0 Å². The molecule has 0 heterocycles. The lowest BCUT2D eigenvalue weighted by atomic mass is 9.92. The number of hydrogen-bond acceptors (Lipinski definition) is 0. The van der Waals surface area contributed by atoms with E-state index < -0.39 is 0 Å². The summed E-state index contributed by atoms with van der Waals surface area (Å²) in [4.78, 5) is 0. The Morgan fingerprint density at radius 2 is 0.417 bits per heavy atom. The summed E-state index contributed by atoms with van der Waals surface area (Å²) in [5.74, 6) is 3.00. The molecule has 0 saturated heterocycles. The van der Waals surface area contributed by atoms with Gasteiger partial charge in [-0.25, -0.2) is 0 Å². The van der Waals surface area contributed by atoms with Gasteiger partial charge in [0.1, 0.15) is 0 Å². The van der Waals surface area contributed by atoms with E-state index in [0.29, 0.717) is 0 Å². The molecule has 0 aromatic carbocycles. The van der Waals surface area contributed by atoms with E-state index in [1.165, 1.54) is 180 Å². The van der Waals surface area contributed by atoms with Crippen LogP contribution in [0.25, 0.3) is 0 Å². The molecule has 0 nitrogen and oxygen atoms in total. The molecule has 0 aromatic heterocycles. The average Bonchev–Trinajstić information content (AvgIpc) is 3.01. The standard InChI is InChI=1S/2C9H18.2C8H16.C2H6/c1-8-6-4-3-5-7-9(8)2;1-9-7-5-3-2-4-6-8-9;2*1-2-4-6-8-7-5-3-1;1-2/h8-9H,3-7H2,1-2H3;9H,2-8H2,1H3;2*1-8H2;1-2H3. The molecule has 0 N–H and O–H groups in total. The topological polar surface area (TPSA) is 0 Å². The van der Waals surface area contributed by atoms with Crippen molar-refractivity contribution >= 4 is 0 Å². The first-order valence-electron chi connectivity index (χ1n) is 17.7. The van der Waals surface area contributed by atoms with Gasteiger partial charge in [-0.15, -0.1) is 0 Å². The minimum absolute atomic E-state index is 0.993. The highest BCUT2D eigenvalue weighted by molar-refractivity contribution is 4.66. The predicted octanol–water partition coefficient (Wildman–Crippen LogP) is 13.9. The predicted molar refractivity (Wildman–Crippen MR) is 168 cm³/mol. The fourth-order valence-electron chi connectivity index (χ4n) is 6.17. The maximum absolute atomic E-state index is 2.40. The van der Waals surface area contributed by atoms with Crippen LogP contribution in [0.2, 0.25) is 0 Å². The highest BCUT2D eigenvalue weighted by Crippen LogP contribution is 2.27. The quantitative estimate of drug-likeness (QED) is 0.286. The van der Waals surface area contributed by atoms with Crippen molar-refractivity contribution in [2.24, 2.45) is 17.8 Å². The highest BCUT2D eigenvalue weighted by Gasteiger charge is 2.14. The maximum atomic E-state index is 2.40. The van der Waals surface area contributed by atoms with Gasteiger partial charge in [-0.05, 0) is 17.8 Å². The van der Waals surface area contributed by atoms with E-state index in [0.717, 1.165) is 17.8 Å². The van der Waals surface area contributed by atoms with Crippen LogP contribution in [-0.4, -0.2) is 0 Å². The van der Waals surface area contributed by atoms with E-state index in [-0.39, 0.29) is 0 Å². The summed E-state index contributed by atoms with van der Waals surface area (Å²) in [7, 11) is 0. The first kappa shape index (κ1) is 36.0. The SMILES string of the molecule is C1CCCCCCC1.C1CCCCCCC1.CC.CC1CCCCCC1C.CC1CCCCCCC1. The van der Waals surface area contributed by atoms with Crippen molar-refractivity contribution in [3.8, 4) is 0 Å². The average molecular weight is 507 g/mol. The molecule has 2 atom stereocenters. The Bertz CT molecular complexity index is 303. The molecule has 0 aromatic rings. The van der Waals surface area contributed by atoms with E-state index in [4.69, 9.17) is 0 Å². The smallest absolute Gasteiger partial charge is 0.0417 e. The van der Waals surface area contributed by atoms with Gasteiger partial charge in [0.15, 0.2) is 0 Å². The molecule has 0 heteroatoms. The van der Waals surface area contributed by atoms with Gasteiger partial charge in [-0.2, -0.15) is 0 Å². The van der Waals surface area contributed by atoms with Gasteiger partial charge in [0.2, 0.25) is 0 Å². The third-order valence-electron chi connectivity index (χ3n) is 9.18. The second-order valence-corrected chi connectivity index (χ2v) is 12.7. The summed E-state index contributed by atoms with van der Waals surface area (Å²) >= 11 is 0. The van der Waals surface area contributed by atoms with Gasteiger partial charge >= 0.3 is 0 Å². The van der Waals surface area contributed by atoms with Crippen LogP contribution in [-0.2, 0) is 0 Å². The lowest BCUT2D eigenvalue weighted by Crippen LogP contribution is -2.04. The monoisotopic (exact) mass is 507 g/mol. The van der Waals surface area contributed by atoms with Crippen molar-refractivity contribution < 1.29 is 0 Å². The van der Waals surface area contributed by atoms with Crippen molar-refractivity contribution in [2.45, 2.75) is 214 Å². The normalized spacial score (nSPS) is 26.6. The second kappa shape index (κ2) is 29.6. The van der Waals surface area contributed by atoms with E-state index in [9.17, 15) is 0 Å². The molecule has 4 rings (SSSR count). The zero-order valence-corrected chi connectivity index (χ0v) is 26.5. The molecule has 0 aliphatic heterocycles. The van der Waals surface area contributed by atoms with Gasteiger partial charge < -0.3 is 0 Å². The van der Waals surface area contributed by atoms with Crippen LogP contribution in [0.3, 0.4) is 0 Å². The Labute approximate surface area is 232 Å². The van der Waals surface area contributed by atoms with E-state index in [1.54, 1.807) is 0 Å². The van der Waals surface area contributed by atoms with E-state index in [2.05, 4.69) is 20.8 Å². The summed E-state index contributed by atoms with van der Waals surface area (Å²) in [6.07, 6.45) is 41.8. The zero-order valence-electron chi connectivity index (χ0n) is 26.5. The molecule has 4 aliphatic rings. The summed E-state index contributed by atoms with van der Waals surface area (Å²) in [6.45, 7) is 11.2. The number of hydrogen-bond donors (Lipinski definition) is 0. The fraction of sp³-hybridized carbons (Fsp3) is 1.00. The Hall–Kier alpha value is 0. The molecule has 218 valence electrons. The molecule has 36 heavy (non-hydrogen) atoms. The summed E-state index contributed by atoms with van der Waals surface area (Å²) in [5, 5.41) is 0. The van der Waals surface area contributed by atoms with Crippen LogP contribution < -0.4 is 0 Å². The zero-order chi connectivity index (χ0) is 26.5. The van der Waals surface area contributed by atoms with E-state index >= 15 is 0 Å². The third-order valence-corrected chi connectivity index (χ3v) is 9.18. The molecular weight excluding hydrogens is 432 g/mol. The van der Waals surface area contributed by atoms with Crippen molar-refractivity contribution in [2.75, 3.05) is 0 Å². The minimum Gasteiger partial charge on any atom is -0.0683 e. The first-order valence-corrected chi connectivity index (χ1v) is 17.7. The summed E-state index contributed by atoms with van der Waals surface area (Å²) in [6, 6.07) is 0. The lowest BCUT2D eigenvalue weighted by Gasteiger charge is -2.14. The molecule has 0 radical (unpaired) electrons. The fourth-order valence-corrected chi connectivity index (χ4v) is 6.17. The molecule has 4 aliphatic carbocycles. The highest BCUT2D eigenvalue weighted by atomic mass is 14.2. The Morgan fingerprint density at radius 1 is 0.250 bits per heavy atom. The summed E-state index contributed by atoms with van der Waals surface area (Å²) in [5.41, 5.74) is 0. The van der Waals surface area contributed by atoms with Crippen LogP contribution in [0.1, 0.15) is 214 Å². The lowest BCUT2D eigenvalue weighted by molar-refractivity contribution is 0.367. The molecule has 0 amide bonds. The van der Waals surface area contributed by atoms with E-state index in [1.807, 2.05) is 13.8 Å². The molecule has 0 spiro atoms.